The average molecular weight is 343 g/mol. The van der Waals surface area contributed by atoms with Crippen LogP contribution >= 0.6 is 11.3 Å². The van der Waals surface area contributed by atoms with Crippen LogP contribution < -0.4 is 4.90 Å². The minimum atomic E-state index is 0.0207. The van der Waals surface area contributed by atoms with Gasteiger partial charge in [0.2, 0.25) is 0 Å². The molecule has 1 aliphatic carbocycles. The molecule has 0 N–H and O–H groups in total. The second-order valence-electron chi connectivity index (χ2n) is 6.32. The van der Waals surface area contributed by atoms with Crippen LogP contribution in [0.2, 0.25) is 0 Å². The van der Waals surface area contributed by atoms with E-state index in [1.54, 1.807) is 23.6 Å². The van der Waals surface area contributed by atoms with Gasteiger partial charge in [0, 0.05) is 49.4 Å². The Hall–Kier alpha value is -2.02. The Bertz CT molecular complexity index is 734. The van der Waals surface area contributed by atoms with Gasteiger partial charge < -0.3 is 9.80 Å². The molecule has 0 spiro atoms. The van der Waals surface area contributed by atoms with E-state index in [9.17, 15) is 4.79 Å². The normalized spacial score (nSPS) is 18.0. The van der Waals surface area contributed by atoms with Crippen molar-refractivity contribution in [3.05, 3.63) is 34.9 Å². The number of carbonyl (C=O) groups excluding carboxylic acids is 1. The van der Waals surface area contributed by atoms with E-state index in [-0.39, 0.29) is 5.91 Å². The highest BCUT2D eigenvalue weighted by Crippen LogP contribution is 2.37. The topological polar surface area (TPSA) is 62.2 Å². The Kier molecular flexibility index (Phi) is 4.18. The predicted octanol–water partition coefficient (Wildman–Crippen LogP) is 2.34. The zero-order chi connectivity index (χ0) is 16.5. The molecule has 1 saturated carbocycles. The Balaban J connectivity index is 1.39. The van der Waals surface area contributed by atoms with Gasteiger partial charge in [0.1, 0.15) is 11.5 Å². The average Bonchev–Trinajstić information content (AvgIpc) is 3.39. The maximum atomic E-state index is 12.7. The van der Waals surface area contributed by atoms with E-state index < -0.39 is 0 Å². The summed E-state index contributed by atoms with van der Waals surface area (Å²) in [7, 11) is 0. The zero-order valence-corrected chi connectivity index (χ0v) is 14.6. The van der Waals surface area contributed by atoms with Crippen molar-refractivity contribution in [2.75, 3.05) is 31.1 Å². The van der Waals surface area contributed by atoms with E-state index in [1.807, 2.05) is 11.1 Å². The van der Waals surface area contributed by atoms with Crippen LogP contribution in [0, 0.1) is 0 Å². The molecule has 0 bridgehead atoms. The third kappa shape index (κ3) is 3.13. The fourth-order valence-electron chi connectivity index (χ4n) is 2.90. The summed E-state index contributed by atoms with van der Waals surface area (Å²) in [5.41, 5.74) is 0.530. The summed E-state index contributed by atoms with van der Waals surface area (Å²) < 4.78 is 0. The summed E-state index contributed by atoms with van der Waals surface area (Å²) >= 11 is 1.75. The highest BCUT2D eigenvalue weighted by atomic mass is 32.1. The molecule has 6 nitrogen and oxygen atoms in total. The van der Waals surface area contributed by atoms with Crippen LogP contribution in [0.3, 0.4) is 0 Å². The second kappa shape index (κ2) is 6.47. The Morgan fingerprint density at radius 2 is 2.04 bits per heavy atom. The molecule has 2 aromatic rings. The highest BCUT2D eigenvalue weighted by Gasteiger charge is 2.29. The standard InChI is InChI=1S/C17H21N5OS/c1-2-13-11-19-17(24-13)22-9-7-21(8-10-22)16(23)14-5-6-18-15(20-14)12-3-4-12/h5-6,11-12H,2-4,7-10H2,1H3. The number of aryl methyl sites for hydroxylation is 1. The fourth-order valence-corrected chi connectivity index (χ4v) is 3.80. The van der Waals surface area contributed by atoms with Gasteiger partial charge in [0.05, 0.1) is 0 Å². The lowest BCUT2D eigenvalue weighted by Crippen LogP contribution is -2.49. The number of nitrogens with zero attached hydrogens (tertiary/aromatic N) is 5. The summed E-state index contributed by atoms with van der Waals surface area (Å²) in [6.45, 7) is 5.21. The molecule has 1 saturated heterocycles. The smallest absolute Gasteiger partial charge is 0.272 e. The van der Waals surface area contributed by atoms with Gasteiger partial charge in [-0.15, -0.1) is 11.3 Å². The van der Waals surface area contributed by atoms with E-state index in [0.29, 0.717) is 24.7 Å². The third-order valence-electron chi connectivity index (χ3n) is 4.56. The number of carbonyl (C=O) groups is 1. The van der Waals surface area contributed by atoms with E-state index in [4.69, 9.17) is 0 Å². The van der Waals surface area contributed by atoms with Crippen molar-refractivity contribution < 1.29 is 4.79 Å². The number of anilines is 1. The second-order valence-corrected chi connectivity index (χ2v) is 7.41. The number of hydrogen-bond acceptors (Lipinski definition) is 6. The molecule has 0 atom stereocenters. The predicted molar refractivity (Wildman–Crippen MR) is 93.6 cm³/mol. The molecule has 2 fully saturated rings. The van der Waals surface area contributed by atoms with Crippen molar-refractivity contribution in [2.24, 2.45) is 0 Å². The first-order chi connectivity index (χ1) is 11.7. The van der Waals surface area contributed by atoms with Gasteiger partial charge in [-0.3, -0.25) is 4.79 Å². The lowest BCUT2D eigenvalue weighted by atomic mass is 10.2. The van der Waals surface area contributed by atoms with Gasteiger partial charge in [-0.1, -0.05) is 6.92 Å². The molecule has 126 valence electrons. The number of hydrogen-bond donors (Lipinski definition) is 0. The van der Waals surface area contributed by atoms with E-state index in [1.165, 1.54) is 4.88 Å². The maximum absolute atomic E-state index is 12.7. The van der Waals surface area contributed by atoms with Crippen LogP contribution in [0.25, 0.3) is 0 Å². The van der Waals surface area contributed by atoms with E-state index >= 15 is 0 Å². The monoisotopic (exact) mass is 343 g/mol. The van der Waals surface area contributed by atoms with Crippen LogP contribution in [-0.4, -0.2) is 51.9 Å². The molecular formula is C17H21N5OS. The molecular weight excluding hydrogens is 322 g/mol. The van der Waals surface area contributed by atoms with Gasteiger partial charge >= 0.3 is 0 Å². The summed E-state index contributed by atoms with van der Waals surface area (Å²) in [5, 5.41) is 1.07. The summed E-state index contributed by atoms with van der Waals surface area (Å²) in [6, 6.07) is 1.73. The zero-order valence-electron chi connectivity index (χ0n) is 13.8. The minimum Gasteiger partial charge on any atom is -0.345 e. The molecule has 7 heteroatoms. The number of rotatable bonds is 4. The van der Waals surface area contributed by atoms with Gasteiger partial charge in [0.15, 0.2) is 5.13 Å². The first kappa shape index (κ1) is 15.5. The fraction of sp³-hybridized carbons (Fsp3) is 0.529. The van der Waals surface area contributed by atoms with Gasteiger partial charge in [-0.2, -0.15) is 0 Å². The number of thiazole rings is 1. The van der Waals surface area contributed by atoms with Crippen molar-refractivity contribution in [3.8, 4) is 0 Å². The third-order valence-corrected chi connectivity index (χ3v) is 5.77. The first-order valence-electron chi connectivity index (χ1n) is 8.56. The number of amides is 1. The molecule has 1 aliphatic heterocycles. The number of aromatic nitrogens is 3. The molecule has 2 aliphatic rings. The van der Waals surface area contributed by atoms with Gasteiger partial charge in [-0.25, -0.2) is 15.0 Å². The summed E-state index contributed by atoms with van der Waals surface area (Å²) in [5.74, 6) is 1.31. The van der Waals surface area contributed by atoms with Crippen molar-refractivity contribution in [1.82, 2.24) is 19.9 Å². The van der Waals surface area contributed by atoms with Gasteiger partial charge in [-0.05, 0) is 25.3 Å². The number of piperazine rings is 1. The Labute approximate surface area is 145 Å². The van der Waals surface area contributed by atoms with Crippen LogP contribution in [0.4, 0.5) is 5.13 Å². The SMILES string of the molecule is CCc1cnc(N2CCN(C(=O)c3ccnc(C4CC4)n3)CC2)s1. The lowest BCUT2D eigenvalue weighted by molar-refractivity contribution is 0.0740. The van der Waals surface area contributed by atoms with Crippen LogP contribution in [-0.2, 0) is 6.42 Å². The van der Waals surface area contributed by atoms with Crippen LogP contribution in [0.1, 0.15) is 46.9 Å². The molecule has 0 unspecified atom stereocenters. The van der Waals surface area contributed by atoms with Crippen molar-refractivity contribution in [1.29, 1.82) is 0 Å². The molecule has 4 rings (SSSR count). The molecule has 24 heavy (non-hydrogen) atoms. The largest absolute Gasteiger partial charge is 0.345 e. The maximum Gasteiger partial charge on any atom is 0.272 e. The summed E-state index contributed by atoms with van der Waals surface area (Å²) in [6.07, 6.45) is 6.98. The van der Waals surface area contributed by atoms with Crippen LogP contribution in [0.5, 0.6) is 0 Å². The Morgan fingerprint density at radius 3 is 2.71 bits per heavy atom. The highest BCUT2D eigenvalue weighted by molar-refractivity contribution is 7.15. The molecule has 1 amide bonds. The molecule has 0 radical (unpaired) electrons. The Morgan fingerprint density at radius 1 is 1.25 bits per heavy atom. The van der Waals surface area contributed by atoms with Crippen LogP contribution in [0.15, 0.2) is 18.5 Å². The molecule has 0 aromatic carbocycles. The van der Waals surface area contributed by atoms with Crippen molar-refractivity contribution in [3.63, 3.8) is 0 Å². The van der Waals surface area contributed by atoms with Gasteiger partial charge in [0.25, 0.3) is 5.91 Å². The molecule has 2 aromatic heterocycles. The lowest BCUT2D eigenvalue weighted by Gasteiger charge is -2.34. The van der Waals surface area contributed by atoms with Crippen molar-refractivity contribution in [2.45, 2.75) is 32.1 Å². The minimum absolute atomic E-state index is 0.0207. The van der Waals surface area contributed by atoms with E-state index in [2.05, 4.69) is 26.8 Å². The molecule has 3 heterocycles. The first-order valence-corrected chi connectivity index (χ1v) is 9.38. The van der Waals surface area contributed by atoms with Crippen molar-refractivity contribution >= 4 is 22.4 Å². The summed E-state index contributed by atoms with van der Waals surface area (Å²) in [4.78, 5) is 31.4. The van der Waals surface area contributed by atoms with E-state index in [0.717, 1.165) is 43.3 Å². The quantitative estimate of drug-likeness (QED) is 0.853.